The summed E-state index contributed by atoms with van der Waals surface area (Å²) in [6.45, 7) is 6.07. The Bertz CT molecular complexity index is 2880. The Kier molecular flexibility index (Phi) is 9.07. The van der Waals surface area contributed by atoms with E-state index in [4.69, 9.17) is 0 Å². The van der Waals surface area contributed by atoms with Crippen LogP contribution in [0.4, 0.5) is 5.69 Å². The highest BCUT2D eigenvalue weighted by molar-refractivity contribution is 6.20. The third kappa shape index (κ3) is 6.27. The van der Waals surface area contributed by atoms with E-state index in [9.17, 15) is 4.79 Å². The summed E-state index contributed by atoms with van der Waals surface area (Å²) in [4.78, 5) is 38.3. The fraction of sp³-hybridized carbons (Fsp3) is 0.0588. The van der Waals surface area contributed by atoms with Crippen molar-refractivity contribution in [3.63, 3.8) is 0 Å². The standard InChI is InChI=1S/C51H38N4O2/c1-33-11-10-16-49(50(33)51(57)54(32-56)46-20-17-38(36-12-6-4-7-13-36)27-43(46)37-14-8-5-9-15-37)55-47-21-18-39(41-23-25-52-30-34(41)2)28-44(47)45-29-40(19-22-48(45)55)42-24-26-53-31-35(42)3/h4-32H,1-3H3. The van der Waals surface area contributed by atoms with Gasteiger partial charge in [0.1, 0.15) is 0 Å². The highest BCUT2D eigenvalue weighted by Crippen LogP contribution is 2.40. The molecule has 0 saturated heterocycles. The summed E-state index contributed by atoms with van der Waals surface area (Å²) in [7, 11) is 0. The van der Waals surface area contributed by atoms with Gasteiger partial charge < -0.3 is 4.57 Å². The molecule has 0 aliphatic carbocycles. The first-order valence-electron chi connectivity index (χ1n) is 18.9. The van der Waals surface area contributed by atoms with E-state index in [1.807, 2.05) is 123 Å². The number of benzene rings is 6. The van der Waals surface area contributed by atoms with Crippen LogP contribution in [0.15, 0.2) is 170 Å². The van der Waals surface area contributed by atoms with Crippen molar-refractivity contribution in [2.75, 3.05) is 4.90 Å². The maximum atomic E-state index is 15.1. The molecule has 0 aliphatic heterocycles. The summed E-state index contributed by atoms with van der Waals surface area (Å²) >= 11 is 0. The molecule has 274 valence electrons. The molecular weight excluding hydrogens is 701 g/mol. The molecule has 0 atom stereocenters. The van der Waals surface area contributed by atoms with Crippen molar-refractivity contribution < 1.29 is 9.59 Å². The van der Waals surface area contributed by atoms with Gasteiger partial charge in [-0.1, -0.05) is 91.0 Å². The van der Waals surface area contributed by atoms with Crippen LogP contribution in [0.3, 0.4) is 0 Å². The Balaban J connectivity index is 1.25. The molecule has 9 rings (SSSR count). The molecule has 0 aliphatic rings. The Morgan fingerprint density at radius 3 is 1.65 bits per heavy atom. The first-order valence-corrected chi connectivity index (χ1v) is 18.9. The van der Waals surface area contributed by atoms with Crippen molar-refractivity contribution in [1.29, 1.82) is 0 Å². The van der Waals surface area contributed by atoms with E-state index in [0.717, 1.165) is 83.0 Å². The number of hydrogen-bond acceptors (Lipinski definition) is 4. The minimum atomic E-state index is -0.411. The lowest BCUT2D eigenvalue weighted by Gasteiger charge is -2.23. The van der Waals surface area contributed by atoms with Crippen molar-refractivity contribution >= 4 is 39.8 Å². The van der Waals surface area contributed by atoms with E-state index in [-0.39, 0.29) is 0 Å². The molecule has 0 N–H and O–H groups in total. The molecule has 57 heavy (non-hydrogen) atoms. The molecule has 0 saturated carbocycles. The molecule has 9 aromatic rings. The van der Waals surface area contributed by atoms with E-state index in [1.54, 1.807) is 0 Å². The predicted octanol–water partition coefficient (Wildman–Crippen LogP) is 12.0. The Morgan fingerprint density at radius 2 is 1.09 bits per heavy atom. The number of aromatic nitrogens is 3. The molecule has 0 radical (unpaired) electrons. The number of nitrogens with zero attached hydrogens (tertiary/aromatic N) is 4. The molecular formula is C51H38N4O2. The van der Waals surface area contributed by atoms with E-state index in [0.29, 0.717) is 23.3 Å². The van der Waals surface area contributed by atoms with E-state index >= 15 is 4.79 Å². The lowest BCUT2D eigenvalue weighted by atomic mass is 9.96. The van der Waals surface area contributed by atoms with Crippen LogP contribution in [-0.4, -0.2) is 26.9 Å². The van der Waals surface area contributed by atoms with Gasteiger partial charge in [0.2, 0.25) is 6.41 Å². The van der Waals surface area contributed by atoms with Gasteiger partial charge >= 0.3 is 0 Å². The molecule has 2 amide bonds. The average Bonchev–Trinajstić information content (AvgIpc) is 3.57. The van der Waals surface area contributed by atoms with Gasteiger partial charge in [-0.2, -0.15) is 0 Å². The van der Waals surface area contributed by atoms with Gasteiger partial charge in [-0.25, -0.2) is 4.90 Å². The van der Waals surface area contributed by atoms with Gasteiger partial charge in [0, 0.05) is 41.1 Å². The molecule has 6 aromatic carbocycles. The lowest BCUT2D eigenvalue weighted by Crippen LogP contribution is -2.31. The molecule has 6 heteroatoms. The van der Waals surface area contributed by atoms with Crippen LogP contribution in [0.25, 0.3) is 72.0 Å². The SMILES string of the molecule is Cc1cnccc1-c1ccc2c(c1)c1cc(-c3ccncc3C)ccc1n2-c1cccc(C)c1C(=O)N(C=O)c1ccc(-c2ccccc2)cc1-c1ccccc1. The number of pyridine rings is 2. The second-order valence-corrected chi connectivity index (χ2v) is 14.4. The first kappa shape index (κ1) is 35.3. The summed E-state index contributed by atoms with van der Waals surface area (Å²) in [6.07, 6.45) is 8.05. The number of imide groups is 1. The summed E-state index contributed by atoms with van der Waals surface area (Å²) in [5.74, 6) is -0.411. The van der Waals surface area contributed by atoms with Crippen LogP contribution in [0, 0.1) is 20.8 Å². The van der Waals surface area contributed by atoms with Crippen molar-refractivity contribution in [3.8, 4) is 50.2 Å². The van der Waals surface area contributed by atoms with E-state index < -0.39 is 5.91 Å². The second-order valence-electron chi connectivity index (χ2n) is 14.4. The van der Waals surface area contributed by atoms with Gasteiger partial charge in [0.25, 0.3) is 5.91 Å². The third-order valence-corrected chi connectivity index (χ3v) is 10.9. The topological polar surface area (TPSA) is 68.1 Å². The lowest BCUT2D eigenvalue weighted by molar-refractivity contribution is -0.106. The quantitative estimate of drug-likeness (QED) is 0.146. The normalized spacial score (nSPS) is 11.2. The average molecular weight is 739 g/mol. The zero-order valence-electron chi connectivity index (χ0n) is 31.8. The van der Waals surface area contributed by atoms with Crippen molar-refractivity contribution in [1.82, 2.24) is 14.5 Å². The number of rotatable bonds is 8. The van der Waals surface area contributed by atoms with Crippen molar-refractivity contribution in [3.05, 3.63) is 193 Å². The van der Waals surface area contributed by atoms with Crippen LogP contribution in [0.2, 0.25) is 0 Å². The number of amides is 2. The highest BCUT2D eigenvalue weighted by Gasteiger charge is 2.27. The van der Waals surface area contributed by atoms with E-state index in [1.165, 1.54) is 4.90 Å². The molecule has 0 fully saturated rings. The first-order chi connectivity index (χ1) is 27.9. The largest absolute Gasteiger partial charge is 0.308 e. The number of fused-ring (bicyclic) bond motifs is 3. The molecule has 0 bridgehead atoms. The predicted molar refractivity (Wildman–Crippen MR) is 232 cm³/mol. The summed E-state index contributed by atoms with van der Waals surface area (Å²) in [6, 6.07) is 48.8. The third-order valence-electron chi connectivity index (χ3n) is 10.9. The zero-order valence-corrected chi connectivity index (χ0v) is 31.8. The van der Waals surface area contributed by atoms with Crippen LogP contribution < -0.4 is 4.90 Å². The fourth-order valence-electron chi connectivity index (χ4n) is 8.07. The highest BCUT2D eigenvalue weighted by atomic mass is 16.2. The maximum absolute atomic E-state index is 15.1. The molecule has 0 spiro atoms. The number of carbonyl (C=O) groups is 2. The van der Waals surface area contributed by atoms with Gasteiger partial charge in [-0.3, -0.25) is 19.6 Å². The minimum absolute atomic E-state index is 0.411. The van der Waals surface area contributed by atoms with Crippen LogP contribution in [-0.2, 0) is 4.79 Å². The molecule has 3 aromatic heterocycles. The van der Waals surface area contributed by atoms with Crippen LogP contribution in [0.1, 0.15) is 27.0 Å². The number of carbonyl (C=O) groups excluding carboxylic acids is 2. The van der Waals surface area contributed by atoms with Gasteiger partial charge in [0.15, 0.2) is 0 Å². The Hall–Kier alpha value is -7.44. The number of anilines is 1. The summed E-state index contributed by atoms with van der Waals surface area (Å²) < 4.78 is 2.16. The Morgan fingerprint density at radius 1 is 0.526 bits per heavy atom. The zero-order chi connectivity index (χ0) is 39.0. The van der Waals surface area contributed by atoms with Gasteiger partial charge in [0.05, 0.1) is 28.0 Å². The summed E-state index contributed by atoms with van der Waals surface area (Å²) in [5.41, 5.74) is 14.5. The van der Waals surface area contributed by atoms with Crippen molar-refractivity contribution in [2.24, 2.45) is 0 Å². The van der Waals surface area contributed by atoms with Crippen molar-refractivity contribution in [2.45, 2.75) is 20.8 Å². The maximum Gasteiger partial charge on any atom is 0.267 e. The summed E-state index contributed by atoms with van der Waals surface area (Å²) in [5, 5.41) is 2.09. The van der Waals surface area contributed by atoms with Gasteiger partial charge in [-0.05, 0) is 131 Å². The fourth-order valence-corrected chi connectivity index (χ4v) is 8.07. The molecule has 0 unspecified atom stereocenters. The number of hydrogen-bond donors (Lipinski definition) is 0. The second kappa shape index (κ2) is 14.7. The van der Waals surface area contributed by atoms with Crippen LogP contribution >= 0.6 is 0 Å². The smallest absolute Gasteiger partial charge is 0.267 e. The van der Waals surface area contributed by atoms with E-state index in [2.05, 4.69) is 83.0 Å². The molecule has 3 heterocycles. The monoisotopic (exact) mass is 738 g/mol. The van der Waals surface area contributed by atoms with Crippen LogP contribution in [0.5, 0.6) is 0 Å². The van der Waals surface area contributed by atoms with Gasteiger partial charge in [-0.15, -0.1) is 0 Å². The number of aryl methyl sites for hydroxylation is 3. The Labute approximate surface area is 331 Å². The minimum Gasteiger partial charge on any atom is -0.308 e. The molecule has 6 nitrogen and oxygen atoms in total.